The van der Waals surface area contributed by atoms with E-state index in [1.165, 1.54) is 29.5 Å². The van der Waals surface area contributed by atoms with Crippen molar-refractivity contribution in [3.8, 4) is 0 Å². The van der Waals surface area contributed by atoms with Crippen molar-refractivity contribution < 1.29 is 14.7 Å². The van der Waals surface area contributed by atoms with E-state index in [2.05, 4.69) is 21.2 Å². The zero-order valence-electron chi connectivity index (χ0n) is 10.2. The van der Waals surface area contributed by atoms with Crippen LogP contribution in [-0.2, 0) is 0 Å². The minimum absolute atomic E-state index is 0.0433. The van der Waals surface area contributed by atoms with Gasteiger partial charge in [-0.25, -0.2) is 4.79 Å². The Bertz CT molecular complexity index is 679. The van der Waals surface area contributed by atoms with Crippen LogP contribution in [0.4, 0.5) is 5.69 Å². The van der Waals surface area contributed by atoms with Crippen LogP contribution in [0.5, 0.6) is 0 Å². The number of hydrogen-bond donors (Lipinski definition) is 2. The summed E-state index contributed by atoms with van der Waals surface area (Å²) < 4.78 is 0.861. The Morgan fingerprint density at radius 1 is 1.40 bits per heavy atom. The number of halogens is 2. The lowest BCUT2D eigenvalue weighted by molar-refractivity contribution is 0.0698. The van der Waals surface area contributed by atoms with Gasteiger partial charge in [0.05, 0.1) is 24.9 Å². The zero-order valence-corrected chi connectivity index (χ0v) is 13.4. The van der Waals surface area contributed by atoms with Gasteiger partial charge in [0.15, 0.2) is 0 Å². The van der Waals surface area contributed by atoms with Gasteiger partial charge in [-0.15, -0.1) is 11.3 Å². The Hall–Kier alpha value is -1.37. The van der Waals surface area contributed by atoms with Gasteiger partial charge in [-0.05, 0) is 46.6 Å². The second kappa shape index (κ2) is 5.95. The lowest BCUT2D eigenvalue weighted by atomic mass is 10.1. The van der Waals surface area contributed by atoms with Gasteiger partial charge in [0.2, 0.25) is 0 Å². The summed E-state index contributed by atoms with van der Waals surface area (Å²) in [6.45, 7) is 1.87. The summed E-state index contributed by atoms with van der Waals surface area (Å²) in [5.41, 5.74) is 1.00. The summed E-state index contributed by atoms with van der Waals surface area (Å²) in [4.78, 5) is 23.7. The molecule has 0 radical (unpaired) electrons. The quantitative estimate of drug-likeness (QED) is 0.835. The molecule has 0 saturated carbocycles. The molecule has 2 rings (SSSR count). The number of carbonyl (C=O) groups is 2. The fourth-order valence-electron chi connectivity index (χ4n) is 1.58. The van der Waals surface area contributed by atoms with Crippen molar-refractivity contribution in [3.63, 3.8) is 0 Å². The van der Waals surface area contributed by atoms with Crippen LogP contribution in [0, 0.1) is 6.92 Å². The maximum Gasteiger partial charge on any atom is 0.337 e. The van der Waals surface area contributed by atoms with E-state index in [0.717, 1.165) is 9.35 Å². The van der Waals surface area contributed by atoms with Gasteiger partial charge >= 0.3 is 5.97 Å². The third-order valence-electron chi connectivity index (χ3n) is 2.56. The number of thiophene rings is 1. The highest BCUT2D eigenvalue weighted by atomic mass is 79.9. The predicted molar refractivity (Wildman–Crippen MR) is 83.1 cm³/mol. The number of anilines is 1. The maximum absolute atomic E-state index is 12.1. The number of para-hydroxylation sites is 1. The number of benzene rings is 1. The van der Waals surface area contributed by atoms with Crippen molar-refractivity contribution in [2.24, 2.45) is 0 Å². The molecule has 104 valence electrons. The summed E-state index contributed by atoms with van der Waals surface area (Å²) in [5.74, 6) is -1.54. The molecule has 20 heavy (non-hydrogen) atoms. The first-order valence-corrected chi connectivity index (χ1v) is 7.48. The van der Waals surface area contributed by atoms with Crippen LogP contribution in [0.3, 0.4) is 0 Å². The van der Waals surface area contributed by atoms with Crippen LogP contribution < -0.4 is 5.32 Å². The lowest BCUT2D eigenvalue weighted by Gasteiger charge is -2.09. The van der Waals surface area contributed by atoms with Crippen molar-refractivity contribution in [1.29, 1.82) is 0 Å². The molecular formula is C13H9BrClNO3S. The van der Waals surface area contributed by atoms with E-state index in [-0.39, 0.29) is 22.2 Å². The standard InChI is InChI=1S/C13H9BrClNO3S/c1-6-5-9(20-11(6)14)12(17)16-10-7(13(18)19)3-2-4-8(10)15/h2-5H,1H3,(H,16,17)(H,18,19). The van der Waals surface area contributed by atoms with Crippen LogP contribution in [0.1, 0.15) is 25.6 Å². The highest BCUT2D eigenvalue weighted by Gasteiger charge is 2.18. The van der Waals surface area contributed by atoms with Gasteiger partial charge in [0, 0.05) is 0 Å². The van der Waals surface area contributed by atoms with Crippen LogP contribution in [0.2, 0.25) is 5.02 Å². The second-order valence-electron chi connectivity index (χ2n) is 3.99. The smallest absolute Gasteiger partial charge is 0.337 e. The number of aromatic carboxylic acids is 1. The second-order valence-corrected chi connectivity index (χ2v) is 6.77. The number of aryl methyl sites for hydroxylation is 1. The topological polar surface area (TPSA) is 66.4 Å². The molecule has 0 unspecified atom stereocenters. The average Bonchev–Trinajstić information content (AvgIpc) is 2.72. The van der Waals surface area contributed by atoms with Gasteiger partial charge in [0.25, 0.3) is 5.91 Å². The van der Waals surface area contributed by atoms with E-state index < -0.39 is 5.97 Å². The van der Waals surface area contributed by atoms with Crippen molar-refractivity contribution in [3.05, 3.63) is 49.1 Å². The van der Waals surface area contributed by atoms with Crippen molar-refractivity contribution in [2.45, 2.75) is 6.92 Å². The van der Waals surface area contributed by atoms with Crippen LogP contribution in [-0.4, -0.2) is 17.0 Å². The molecule has 0 aliphatic carbocycles. The normalized spacial score (nSPS) is 10.3. The number of amides is 1. The molecule has 7 heteroatoms. The summed E-state index contributed by atoms with van der Waals surface area (Å²) in [6.07, 6.45) is 0. The van der Waals surface area contributed by atoms with E-state index in [1.807, 2.05) is 6.92 Å². The van der Waals surface area contributed by atoms with Gasteiger partial charge in [0.1, 0.15) is 0 Å². The third kappa shape index (κ3) is 3.03. The predicted octanol–water partition coefficient (Wildman–Crippen LogP) is 4.42. The minimum atomic E-state index is -1.15. The summed E-state index contributed by atoms with van der Waals surface area (Å²) in [7, 11) is 0. The SMILES string of the molecule is Cc1cc(C(=O)Nc2c(Cl)cccc2C(=O)O)sc1Br. The maximum atomic E-state index is 12.1. The molecule has 0 aliphatic heterocycles. The van der Waals surface area contributed by atoms with E-state index in [9.17, 15) is 9.59 Å². The highest BCUT2D eigenvalue weighted by Crippen LogP contribution is 2.30. The Morgan fingerprint density at radius 2 is 2.10 bits per heavy atom. The van der Waals surface area contributed by atoms with Gasteiger partial charge in [-0.1, -0.05) is 17.7 Å². The Labute approximate surface area is 132 Å². The van der Waals surface area contributed by atoms with Crippen molar-refractivity contribution >= 4 is 56.4 Å². The number of rotatable bonds is 3. The molecule has 0 bridgehead atoms. The van der Waals surface area contributed by atoms with Crippen LogP contribution in [0.15, 0.2) is 28.1 Å². The molecule has 0 atom stereocenters. The summed E-state index contributed by atoms with van der Waals surface area (Å²) in [6, 6.07) is 6.16. The molecule has 1 aromatic carbocycles. The number of carbonyl (C=O) groups excluding carboxylic acids is 1. The Morgan fingerprint density at radius 3 is 2.65 bits per heavy atom. The van der Waals surface area contributed by atoms with E-state index in [4.69, 9.17) is 16.7 Å². The largest absolute Gasteiger partial charge is 0.478 e. The molecule has 1 amide bonds. The molecule has 0 spiro atoms. The molecule has 0 aliphatic rings. The van der Waals surface area contributed by atoms with E-state index in [0.29, 0.717) is 4.88 Å². The molecular weight excluding hydrogens is 366 g/mol. The number of carboxylic acid groups (broad SMARTS) is 1. The Kier molecular flexibility index (Phi) is 4.47. The molecule has 1 aromatic heterocycles. The molecule has 0 fully saturated rings. The van der Waals surface area contributed by atoms with Crippen LogP contribution in [0.25, 0.3) is 0 Å². The first kappa shape index (κ1) is 15.0. The monoisotopic (exact) mass is 373 g/mol. The van der Waals surface area contributed by atoms with Gasteiger partial charge < -0.3 is 10.4 Å². The average molecular weight is 375 g/mol. The van der Waals surface area contributed by atoms with Crippen LogP contribution >= 0.6 is 38.9 Å². The highest BCUT2D eigenvalue weighted by molar-refractivity contribution is 9.11. The lowest BCUT2D eigenvalue weighted by Crippen LogP contribution is -2.14. The van der Waals surface area contributed by atoms with Gasteiger partial charge in [-0.2, -0.15) is 0 Å². The molecule has 0 saturated heterocycles. The number of hydrogen-bond acceptors (Lipinski definition) is 3. The molecule has 4 nitrogen and oxygen atoms in total. The molecule has 2 aromatic rings. The minimum Gasteiger partial charge on any atom is -0.478 e. The van der Waals surface area contributed by atoms with Crippen molar-refractivity contribution in [1.82, 2.24) is 0 Å². The molecule has 1 heterocycles. The first-order chi connectivity index (χ1) is 9.40. The van der Waals surface area contributed by atoms with Gasteiger partial charge in [-0.3, -0.25) is 4.79 Å². The fraction of sp³-hybridized carbons (Fsp3) is 0.0769. The Balaban J connectivity index is 2.35. The fourth-order valence-corrected chi connectivity index (χ4v) is 3.23. The summed E-state index contributed by atoms with van der Waals surface area (Å²) >= 11 is 10.6. The third-order valence-corrected chi connectivity index (χ3v) is 5.01. The van der Waals surface area contributed by atoms with E-state index in [1.54, 1.807) is 6.07 Å². The zero-order chi connectivity index (χ0) is 14.9. The first-order valence-electron chi connectivity index (χ1n) is 5.49. The van der Waals surface area contributed by atoms with Crippen molar-refractivity contribution in [2.75, 3.05) is 5.32 Å². The number of carboxylic acids is 1. The molecule has 2 N–H and O–H groups in total. The number of nitrogens with one attached hydrogen (secondary N) is 1. The summed E-state index contributed by atoms with van der Waals surface area (Å²) in [5, 5.41) is 11.8. The van der Waals surface area contributed by atoms with E-state index >= 15 is 0 Å².